The zero-order valence-corrected chi connectivity index (χ0v) is 20.1. The van der Waals surface area contributed by atoms with Gasteiger partial charge in [0.05, 0.1) is 23.4 Å². The second-order valence-electron chi connectivity index (χ2n) is 8.67. The van der Waals surface area contributed by atoms with Crippen molar-refractivity contribution in [1.82, 2.24) is 4.98 Å². The monoisotopic (exact) mass is 492 g/mol. The Kier molecular flexibility index (Phi) is 6.51. The van der Waals surface area contributed by atoms with E-state index in [9.17, 15) is 19.5 Å². The quantitative estimate of drug-likeness (QED) is 0.167. The SMILES string of the molecule is CCCOC(=O)c1ccc(N2C(=O)C(=O)/C(=C(\O)c3ccc4ccccc4c3)C2c2ccccn2)cc1. The lowest BCUT2D eigenvalue weighted by molar-refractivity contribution is -0.132. The van der Waals surface area contributed by atoms with Gasteiger partial charge in [-0.05, 0) is 59.7 Å². The van der Waals surface area contributed by atoms with Crippen molar-refractivity contribution < 1.29 is 24.2 Å². The number of ketones is 1. The zero-order valence-electron chi connectivity index (χ0n) is 20.1. The van der Waals surface area contributed by atoms with Crippen LogP contribution in [-0.4, -0.2) is 34.4 Å². The van der Waals surface area contributed by atoms with Crippen LogP contribution >= 0.6 is 0 Å². The first-order chi connectivity index (χ1) is 18.0. The molecule has 1 unspecified atom stereocenters. The summed E-state index contributed by atoms with van der Waals surface area (Å²) in [7, 11) is 0. The molecule has 0 aliphatic carbocycles. The first-order valence-corrected chi connectivity index (χ1v) is 12.0. The molecule has 7 heteroatoms. The summed E-state index contributed by atoms with van der Waals surface area (Å²) in [6.45, 7) is 2.21. The van der Waals surface area contributed by atoms with Crippen LogP contribution < -0.4 is 4.90 Å². The summed E-state index contributed by atoms with van der Waals surface area (Å²) in [5, 5.41) is 13.2. The highest BCUT2D eigenvalue weighted by molar-refractivity contribution is 6.51. The predicted molar refractivity (Wildman–Crippen MR) is 140 cm³/mol. The fraction of sp³-hybridized carbons (Fsp3) is 0.133. The third-order valence-corrected chi connectivity index (χ3v) is 6.25. The number of nitrogens with zero attached hydrogens (tertiary/aromatic N) is 2. The van der Waals surface area contributed by atoms with Gasteiger partial charge in [-0.25, -0.2) is 4.79 Å². The van der Waals surface area contributed by atoms with E-state index in [4.69, 9.17) is 4.74 Å². The van der Waals surface area contributed by atoms with Crippen molar-refractivity contribution in [3.63, 3.8) is 0 Å². The lowest BCUT2D eigenvalue weighted by atomic mass is 9.97. The normalized spacial score (nSPS) is 16.8. The number of hydrogen-bond acceptors (Lipinski definition) is 6. The molecule has 0 saturated carbocycles. The number of carbonyl (C=O) groups is 3. The molecule has 1 aliphatic heterocycles. The number of esters is 1. The maximum Gasteiger partial charge on any atom is 0.338 e. The van der Waals surface area contributed by atoms with Gasteiger partial charge in [-0.1, -0.05) is 49.4 Å². The minimum atomic E-state index is -0.953. The highest BCUT2D eigenvalue weighted by atomic mass is 16.5. The van der Waals surface area contributed by atoms with E-state index in [0.717, 1.165) is 10.8 Å². The van der Waals surface area contributed by atoms with Crippen molar-refractivity contribution >= 4 is 39.9 Å². The van der Waals surface area contributed by atoms with E-state index in [1.165, 1.54) is 4.90 Å². The van der Waals surface area contributed by atoms with Gasteiger partial charge in [0.1, 0.15) is 11.8 Å². The van der Waals surface area contributed by atoms with E-state index in [0.29, 0.717) is 35.5 Å². The number of ether oxygens (including phenoxy) is 1. The van der Waals surface area contributed by atoms with E-state index < -0.39 is 23.7 Å². The van der Waals surface area contributed by atoms with E-state index in [-0.39, 0.29) is 11.3 Å². The molecule has 4 aromatic rings. The molecule has 1 amide bonds. The number of aliphatic hydroxyl groups excluding tert-OH is 1. The highest BCUT2D eigenvalue weighted by Crippen LogP contribution is 2.41. The van der Waals surface area contributed by atoms with Crippen molar-refractivity contribution in [2.24, 2.45) is 0 Å². The predicted octanol–water partition coefficient (Wildman–Crippen LogP) is 5.43. The standard InChI is InChI=1S/C30H24N2O5/c1-2-17-37-30(36)20-12-14-23(15-13-20)32-26(24-9-5-6-16-31-24)25(28(34)29(32)35)27(33)22-11-10-19-7-3-4-8-21(19)18-22/h3-16,18,26,33H,2,17H2,1H3/b27-25-. The van der Waals surface area contributed by atoms with E-state index >= 15 is 0 Å². The number of carbonyl (C=O) groups excluding carboxylic acids is 3. The highest BCUT2D eigenvalue weighted by Gasteiger charge is 2.47. The minimum absolute atomic E-state index is 0.0505. The Morgan fingerprint density at radius 3 is 2.32 bits per heavy atom. The zero-order chi connectivity index (χ0) is 25.9. The molecular formula is C30H24N2O5. The van der Waals surface area contributed by atoms with Gasteiger partial charge in [-0.2, -0.15) is 0 Å². The Morgan fingerprint density at radius 1 is 0.919 bits per heavy atom. The molecule has 1 fully saturated rings. The Bertz CT molecular complexity index is 1530. The molecule has 1 aliphatic rings. The van der Waals surface area contributed by atoms with Crippen LogP contribution in [0.25, 0.3) is 16.5 Å². The third kappa shape index (κ3) is 4.47. The first kappa shape index (κ1) is 23.9. The Labute approximate surface area is 213 Å². The molecule has 5 rings (SSSR count). The van der Waals surface area contributed by atoms with Crippen molar-refractivity contribution in [1.29, 1.82) is 0 Å². The fourth-order valence-corrected chi connectivity index (χ4v) is 4.44. The molecule has 1 N–H and O–H groups in total. The van der Waals surface area contributed by atoms with Crippen molar-refractivity contribution in [3.8, 4) is 0 Å². The molecule has 1 aromatic heterocycles. The lowest BCUT2D eigenvalue weighted by Crippen LogP contribution is -2.29. The molecule has 1 atom stereocenters. The summed E-state index contributed by atoms with van der Waals surface area (Å²) in [6.07, 6.45) is 2.27. The molecule has 7 nitrogen and oxygen atoms in total. The van der Waals surface area contributed by atoms with Gasteiger partial charge in [0, 0.05) is 17.4 Å². The number of hydrogen-bond donors (Lipinski definition) is 1. The maximum atomic E-state index is 13.3. The fourth-order valence-electron chi connectivity index (χ4n) is 4.44. The Morgan fingerprint density at radius 2 is 1.62 bits per heavy atom. The van der Waals surface area contributed by atoms with Gasteiger partial charge in [0.15, 0.2) is 0 Å². The minimum Gasteiger partial charge on any atom is -0.507 e. The summed E-state index contributed by atoms with van der Waals surface area (Å²) in [6, 6.07) is 23.5. The Balaban J connectivity index is 1.61. The molecule has 1 saturated heterocycles. The van der Waals surface area contributed by atoms with Crippen LogP contribution in [0, 0.1) is 0 Å². The van der Waals surface area contributed by atoms with Crippen LogP contribution in [0.5, 0.6) is 0 Å². The summed E-state index contributed by atoms with van der Waals surface area (Å²) in [5.41, 5.74) is 1.52. The second kappa shape index (κ2) is 10.1. The molecule has 0 bridgehead atoms. The molecule has 37 heavy (non-hydrogen) atoms. The molecule has 2 heterocycles. The molecule has 3 aromatic carbocycles. The van der Waals surface area contributed by atoms with Gasteiger partial charge in [-0.15, -0.1) is 0 Å². The molecule has 0 radical (unpaired) electrons. The van der Waals surface area contributed by atoms with E-state index in [1.54, 1.807) is 60.8 Å². The van der Waals surface area contributed by atoms with E-state index in [2.05, 4.69) is 4.98 Å². The lowest BCUT2D eigenvalue weighted by Gasteiger charge is -2.24. The van der Waals surface area contributed by atoms with Gasteiger partial charge in [-0.3, -0.25) is 19.5 Å². The number of rotatable bonds is 6. The smallest absolute Gasteiger partial charge is 0.338 e. The van der Waals surface area contributed by atoms with Crippen molar-refractivity contribution in [2.45, 2.75) is 19.4 Å². The Hall–Kier alpha value is -4.78. The number of anilines is 1. The van der Waals surface area contributed by atoms with Gasteiger partial charge in [0.25, 0.3) is 11.7 Å². The van der Waals surface area contributed by atoms with Crippen molar-refractivity contribution in [2.75, 3.05) is 11.5 Å². The second-order valence-corrected chi connectivity index (χ2v) is 8.67. The van der Waals surface area contributed by atoms with Gasteiger partial charge in [0.2, 0.25) is 0 Å². The largest absolute Gasteiger partial charge is 0.507 e. The summed E-state index contributed by atoms with van der Waals surface area (Å²) in [4.78, 5) is 44.6. The molecule has 0 spiro atoms. The number of aromatic nitrogens is 1. The number of aliphatic hydroxyl groups is 1. The molecular weight excluding hydrogens is 468 g/mol. The number of benzene rings is 3. The number of fused-ring (bicyclic) bond motifs is 1. The summed E-state index contributed by atoms with van der Waals surface area (Å²) in [5.74, 6) is -2.35. The average Bonchev–Trinajstić information content (AvgIpc) is 3.21. The van der Waals surface area contributed by atoms with Crippen molar-refractivity contribution in [3.05, 3.63) is 114 Å². The van der Waals surface area contributed by atoms with Crippen LogP contribution in [0.4, 0.5) is 5.69 Å². The summed E-state index contributed by atoms with van der Waals surface area (Å²) >= 11 is 0. The number of amides is 1. The van der Waals surface area contributed by atoms with E-state index in [1.807, 2.05) is 37.3 Å². The topological polar surface area (TPSA) is 96.8 Å². The van der Waals surface area contributed by atoms with Crippen LogP contribution in [0.3, 0.4) is 0 Å². The van der Waals surface area contributed by atoms with Gasteiger partial charge >= 0.3 is 5.97 Å². The first-order valence-electron chi connectivity index (χ1n) is 12.0. The number of pyridine rings is 1. The third-order valence-electron chi connectivity index (χ3n) is 6.25. The molecule has 184 valence electrons. The van der Waals surface area contributed by atoms with Crippen LogP contribution in [0.1, 0.15) is 41.0 Å². The van der Waals surface area contributed by atoms with Crippen LogP contribution in [-0.2, 0) is 14.3 Å². The summed E-state index contributed by atoms with van der Waals surface area (Å²) < 4.78 is 5.18. The van der Waals surface area contributed by atoms with Crippen LogP contribution in [0.2, 0.25) is 0 Å². The van der Waals surface area contributed by atoms with Gasteiger partial charge < -0.3 is 9.84 Å². The maximum absolute atomic E-state index is 13.3. The number of Topliss-reactive ketones (excluding diaryl/α,β-unsaturated/α-hetero) is 1. The average molecular weight is 493 g/mol. The van der Waals surface area contributed by atoms with Crippen LogP contribution in [0.15, 0.2) is 96.7 Å².